The third kappa shape index (κ3) is 2.67. The van der Waals surface area contributed by atoms with Crippen LogP contribution in [0.5, 0.6) is 0 Å². The Balaban J connectivity index is 1.76. The highest BCUT2D eigenvalue weighted by atomic mass is 79.9. The van der Waals surface area contributed by atoms with E-state index in [0.717, 1.165) is 15.7 Å². The maximum Gasteiger partial charge on any atom is 0.241 e. The average Bonchev–Trinajstić information content (AvgIpc) is 3.05. The van der Waals surface area contributed by atoms with Crippen molar-refractivity contribution in [1.29, 1.82) is 0 Å². The minimum absolute atomic E-state index is 0.0595. The van der Waals surface area contributed by atoms with Crippen molar-refractivity contribution in [2.75, 3.05) is 30.4 Å². The second kappa shape index (κ2) is 6.13. The number of hydrogen-bond donors (Lipinski definition) is 1. The summed E-state index contributed by atoms with van der Waals surface area (Å²) in [5, 5.41) is 3.26. The lowest BCUT2D eigenvalue weighted by molar-refractivity contribution is -0.118. The molecule has 0 aromatic heterocycles. The number of carbonyl (C=O) groups excluding carboxylic acids is 1. The monoisotopic (exact) mass is 425 g/mol. The molecule has 0 saturated carbocycles. The fourth-order valence-electron chi connectivity index (χ4n) is 4.25. The van der Waals surface area contributed by atoms with Crippen LogP contribution in [0.1, 0.15) is 25.0 Å². The molecular weight excluding hydrogens is 402 g/mol. The maximum atomic E-state index is 12.4. The minimum Gasteiger partial charge on any atom is -0.378 e. The van der Waals surface area contributed by atoms with E-state index in [1.807, 2.05) is 20.2 Å². The van der Waals surface area contributed by atoms with Crippen molar-refractivity contribution in [3.8, 4) is 0 Å². The van der Waals surface area contributed by atoms with Gasteiger partial charge in [0.05, 0.1) is 6.54 Å². The van der Waals surface area contributed by atoms with E-state index in [2.05, 4.69) is 93.4 Å². The number of carbonyl (C=O) groups is 1. The highest BCUT2D eigenvalue weighted by Crippen LogP contribution is 2.53. The molecule has 1 N–H and O–H groups in total. The maximum absolute atomic E-state index is 12.4. The fraction of sp³-hybridized carbons (Fsp3) is 0.318. The Labute approximate surface area is 169 Å². The van der Waals surface area contributed by atoms with Crippen molar-refractivity contribution in [1.82, 2.24) is 5.32 Å². The summed E-state index contributed by atoms with van der Waals surface area (Å²) in [6, 6.07) is 14.7. The number of hydrogen-bond acceptors (Lipinski definition) is 3. The first-order valence-corrected chi connectivity index (χ1v) is 9.89. The van der Waals surface area contributed by atoms with Crippen LogP contribution >= 0.6 is 15.9 Å². The number of nitrogens with one attached hydrogen (secondary N) is 1. The van der Waals surface area contributed by atoms with Crippen molar-refractivity contribution in [3.63, 3.8) is 0 Å². The Hall–Kier alpha value is -2.27. The van der Waals surface area contributed by atoms with Gasteiger partial charge in [-0.1, -0.05) is 48.0 Å². The molecule has 2 aliphatic rings. The molecule has 1 fully saturated rings. The molecule has 0 radical (unpaired) electrons. The van der Waals surface area contributed by atoms with E-state index in [1.165, 1.54) is 11.3 Å². The molecule has 2 aromatic rings. The van der Waals surface area contributed by atoms with Crippen LogP contribution < -0.4 is 15.1 Å². The third-order valence-electron chi connectivity index (χ3n) is 5.86. The van der Waals surface area contributed by atoms with Crippen LogP contribution in [-0.2, 0) is 10.2 Å². The van der Waals surface area contributed by atoms with Crippen LogP contribution in [0.25, 0.3) is 6.08 Å². The molecule has 4 rings (SSSR count). The Bertz CT molecular complexity index is 933. The standard InChI is InChI=1S/C22H24BrN3O/c1-21(2)18-13-16(23)7-10-19(18)26-14-20(27)24-22(21,26)12-11-15-5-8-17(9-6-15)25(3)4/h5-13H,14H2,1-4H3,(H,24,27)/b12-11+. The quantitative estimate of drug-likeness (QED) is 0.801. The summed E-state index contributed by atoms with van der Waals surface area (Å²) in [7, 11) is 4.07. The van der Waals surface area contributed by atoms with Crippen molar-refractivity contribution in [2.45, 2.75) is 24.9 Å². The van der Waals surface area contributed by atoms with E-state index < -0.39 is 5.66 Å². The Kier molecular flexibility index (Phi) is 4.11. The molecule has 1 saturated heterocycles. The van der Waals surface area contributed by atoms with E-state index in [0.29, 0.717) is 6.54 Å². The molecule has 0 aliphatic carbocycles. The van der Waals surface area contributed by atoms with Gasteiger partial charge in [0.2, 0.25) is 5.91 Å². The van der Waals surface area contributed by atoms with Crippen LogP contribution in [-0.4, -0.2) is 32.2 Å². The normalized spacial score (nSPS) is 22.7. The molecule has 1 unspecified atom stereocenters. The van der Waals surface area contributed by atoms with Crippen molar-refractivity contribution >= 4 is 39.3 Å². The number of anilines is 2. The van der Waals surface area contributed by atoms with Gasteiger partial charge in [0.15, 0.2) is 0 Å². The summed E-state index contributed by atoms with van der Waals surface area (Å²) in [6.45, 7) is 4.77. The first kappa shape index (κ1) is 18.1. The lowest BCUT2D eigenvalue weighted by atomic mass is 9.75. The van der Waals surface area contributed by atoms with Crippen molar-refractivity contribution in [3.05, 3.63) is 64.1 Å². The van der Waals surface area contributed by atoms with Gasteiger partial charge in [0, 0.05) is 35.4 Å². The highest BCUT2D eigenvalue weighted by Gasteiger charge is 2.59. The number of fused-ring (bicyclic) bond motifs is 3. The van der Waals surface area contributed by atoms with Crippen molar-refractivity contribution in [2.24, 2.45) is 0 Å². The first-order chi connectivity index (χ1) is 12.7. The molecule has 0 spiro atoms. The van der Waals surface area contributed by atoms with Gasteiger partial charge in [-0.25, -0.2) is 0 Å². The second-order valence-corrected chi connectivity index (χ2v) is 8.92. The molecule has 0 bridgehead atoms. The summed E-state index contributed by atoms with van der Waals surface area (Å²) >= 11 is 3.59. The molecule has 4 nitrogen and oxygen atoms in total. The molecule has 5 heteroatoms. The molecular formula is C22H24BrN3O. The fourth-order valence-corrected chi connectivity index (χ4v) is 4.61. The van der Waals surface area contributed by atoms with Crippen LogP contribution in [0.15, 0.2) is 53.0 Å². The van der Waals surface area contributed by atoms with Gasteiger partial charge in [0.1, 0.15) is 5.66 Å². The van der Waals surface area contributed by atoms with Crippen LogP contribution in [0.3, 0.4) is 0 Å². The van der Waals surface area contributed by atoms with Gasteiger partial charge in [0.25, 0.3) is 0 Å². The molecule has 140 valence electrons. The number of nitrogens with zero attached hydrogens (tertiary/aromatic N) is 2. The predicted molar refractivity (Wildman–Crippen MR) is 115 cm³/mol. The van der Waals surface area contributed by atoms with Crippen LogP contribution in [0.4, 0.5) is 11.4 Å². The number of benzene rings is 2. The number of halogens is 1. The molecule has 1 atom stereocenters. The smallest absolute Gasteiger partial charge is 0.241 e. The van der Waals surface area contributed by atoms with Crippen LogP contribution in [0, 0.1) is 0 Å². The predicted octanol–water partition coefficient (Wildman–Crippen LogP) is 4.15. The van der Waals surface area contributed by atoms with Gasteiger partial charge in [-0.2, -0.15) is 0 Å². The Morgan fingerprint density at radius 2 is 1.85 bits per heavy atom. The third-order valence-corrected chi connectivity index (χ3v) is 6.35. The van der Waals surface area contributed by atoms with Gasteiger partial charge in [-0.05, 0) is 47.5 Å². The van der Waals surface area contributed by atoms with Gasteiger partial charge in [-0.15, -0.1) is 0 Å². The summed E-state index contributed by atoms with van der Waals surface area (Å²) < 4.78 is 1.06. The zero-order chi connectivity index (χ0) is 19.4. The topological polar surface area (TPSA) is 35.6 Å². The highest BCUT2D eigenvalue weighted by molar-refractivity contribution is 9.10. The summed E-state index contributed by atoms with van der Waals surface area (Å²) in [5.74, 6) is 0.0595. The van der Waals surface area contributed by atoms with Crippen LogP contribution in [0.2, 0.25) is 0 Å². The Morgan fingerprint density at radius 3 is 2.52 bits per heavy atom. The van der Waals surface area contributed by atoms with E-state index in [9.17, 15) is 4.79 Å². The second-order valence-electron chi connectivity index (χ2n) is 8.01. The SMILES string of the molecule is CN(C)c1ccc(/C=C/C23NC(=O)CN2c2ccc(Br)cc2C3(C)C)cc1. The van der Waals surface area contributed by atoms with Gasteiger partial charge in [-0.3, -0.25) is 4.79 Å². The van der Waals surface area contributed by atoms with E-state index in [1.54, 1.807) is 0 Å². The van der Waals surface area contributed by atoms with E-state index >= 15 is 0 Å². The Morgan fingerprint density at radius 1 is 1.15 bits per heavy atom. The van der Waals surface area contributed by atoms with Gasteiger partial charge >= 0.3 is 0 Å². The minimum atomic E-state index is -0.562. The average molecular weight is 426 g/mol. The summed E-state index contributed by atoms with van der Waals surface area (Å²) in [4.78, 5) is 16.6. The largest absolute Gasteiger partial charge is 0.378 e. The summed E-state index contributed by atoms with van der Waals surface area (Å²) in [6.07, 6.45) is 4.26. The number of rotatable bonds is 3. The number of amides is 1. The zero-order valence-corrected chi connectivity index (χ0v) is 17.7. The molecule has 27 heavy (non-hydrogen) atoms. The van der Waals surface area contributed by atoms with Gasteiger partial charge < -0.3 is 15.1 Å². The molecule has 1 amide bonds. The lowest BCUT2D eigenvalue weighted by Gasteiger charge is -2.40. The van der Waals surface area contributed by atoms with E-state index in [4.69, 9.17) is 0 Å². The molecule has 2 heterocycles. The lowest BCUT2D eigenvalue weighted by Crippen LogP contribution is -2.58. The first-order valence-electron chi connectivity index (χ1n) is 9.10. The van der Waals surface area contributed by atoms with Crippen molar-refractivity contribution < 1.29 is 4.79 Å². The summed E-state index contributed by atoms with van der Waals surface area (Å²) in [5.41, 5.74) is 3.81. The molecule has 2 aromatic carbocycles. The molecule has 2 aliphatic heterocycles. The van der Waals surface area contributed by atoms with E-state index in [-0.39, 0.29) is 11.3 Å². The zero-order valence-electron chi connectivity index (χ0n) is 16.1.